The van der Waals surface area contributed by atoms with Crippen molar-refractivity contribution in [1.29, 1.82) is 0 Å². The molecular formula is C43H45ClN2O5. The maximum atomic E-state index is 14.8. The molecule has 0 unspecified atom stereocenters. The van der Waals surface area contributed by atoms with E-state index in [2.05, 4.69) is 37.3 Å². The molecule has 264 valence electrons. The Morgan fingerprint density at radius 3 is 2.12 bits per heavy atom. The van der Waals surface area contributed by atoms with Crippen LogP contribution in [0.3, 0.4) is 0 Å². The van der Waals surface area contributed by atoms with Gasteiger partial charge in [-0.2, -0.15) is 0 Å². The van der Waals surface area contributed by atoms with Gasteiger partial charge >= 0.3 is 12.1 Å². The number of aliphatic carboxylic acids is 1. The molecule has 7 rings (SSSR count). The number of fused-ring (bicyclic) bond motifs is 4. The summed E-state index contributed by atoms with van der Waals surface area (Å²) in [6.07, 6.45) is 3.32. The number of amides is 2. The van der Waals surface area contributed by atoms with Gasteiger partial charge in [0.2, 0.25) is 5.91 Å². The molecule has 0 radical (unpaired) electrons. The van der Waals surface area contributed by atoms with Gasteiger partial charge in [-0.3, -0.25) is 9.59 Å². The van der Waals surface area contributed by atoms with Crippen LogP contribution >= 0.6 is 11.6 Å². The van der Waals surface area contributed by atoms with Crippen LogP contribution in [0.15, 0.2) is 97.1 Å². The first-order valence-corrected chi connectivity index (χ1v) is 18.4. The number of likely N-dealkylation sites (N-methyl/N-ethyl adjacent to an activating group) is 1. The van der Waals surface area contributed by atoms with Crippen LogP contribution in [-0.2, 0) is 27.2 Å². The summed E-state index contributed by atoms with van der Waals surface area (Å²) in [6.45, 7) is 3.12. The highest BCUT2D eigenvalue weighted by molar-refractivity contribution is 6.30. The zero-order valence-electron chi connectivity index (χ0n) is 29.3. The number of aryl methyl sites for hydroxylation is 1. The van der Waals surface area contributed by atoms with E-state index in [0.717, 1.165) is 59.1 Å². The molecule has 0 bridgehead atoms. The monoisotopic (exact) mass is 704 g/mol. The minimum atomic E-state index is -0.983. The topological polar surface area (TPSA) is 87.2 Å². The zero-order chi connectivity index (χ0) is 35.7. The fourth-order valence-corrected chi connectivity index (χ4v) is 8.34. The molecule has 0 spiro atoms. The summed E-state index contributed by atoms with van der Waals surface area (Å²) in [4.78, 5) is 44.5. The van der Waals surface area contributed by atoms with Crippen LogP contribution in [0.5, 0.6) is 0 Å². The van der Waals surface area contributed by atoms with Crippen LogP contribution in [0.2, 0.25) is 5.02 Å². The Labute approximate surface area is 305 Å². The van der Waals surface area contributed by atoms with Gasteiger partial charge in [-0.05, 0) is 94.5 Å². The largest absolute Gasteiger partial charge is 0.481 e. The van der Waals surface area contributed by atoms with E-state index >= 15 is 0 Å². The second-order valence-electron chi connectivity index (χ2n) is 15.0. The van der Waals surface area contributed by atoms with Gasteiger partial charge in [0.05, 0.1) is 18.4 Å². The molecule has 3 aliphatic carbocycles. The van der Waals surface area contributed by atoms with Crippen molar-refractivity contribution in [2.24, 2.45) is 11.3 Å². The third-order valence-electron chi connectivity index (χ3n) is 11.4. The normalized spacial score (nSPS) is 17.8. The summed E-state index contributed by atoms with van der Waals surface area (Å²) < 4.78 is 6.10. The van der Waals surface area contributed by atoms with Gasteiger partial charge in [0.1, 0.15) is 6.61 Å². The van der Waals surface area contributed by atoms with E-state index in [9.17, 15) is 19.5 Å². The van der Waals surface area contributed by atoms with Gasteiger partial charge in [-0.15, -0.1) is 0 Å². The number of carboxylic acids is 1. The molecule has 4 aromatic rings. The molecule has 4 aromatic carbocycles. The fourth-order valence-electron chi connectivity index (χ4n) is 8.21. The summed E-state index contributed by atoms with van der Waals surface area (Å²) in [6, 6.07) is 31.7. The number of carbonyl (C=O) groups is 3. The lowest BCUT2D eigenvalue weighted by Crippen LogP contribution is -2.51. The van der Waals surface area contributed by atoms with Crippen molar-refractivity contribution in [2.75, 3.05) is 26.7 Å². The van der Waals surface area contributed by atoms with Crippen LogP contribution in [0.4, 0.5) is 4.79 Å². The van der Waals surface area contributed by atoms with E-state index in [1.165, 1.54) is 5.56 Å². The summed E-state index contributed by atoms with van der Waals surface area (Å²) in [5.41, 5.74) is 7.78. The van der Waals surface area contributed by atoms with Crippen LogP contribution in [0.1, 0.15) is 72.3 Å². The maximum absolute atomic E-state index is 14.8. The number of hydrogen-bond donors (Lipinski definition) is 1. The first-order chi connectivity index (χ1) is 24.6. The molecule has 3 aliphatic rings. The lowest BCUT2D eigenvalue weighted by atomic mass is 9.83. The summed E-state index contributed by atoms with van der Waals surface area (Å²) in [5.74, 6) is -2.10. The van der Waals surface area contributed by atoms with E-state index in [-0.39, 0.29) is 42.7 Å². The van der Waals surface area contributed by atoms with Gasteiger partial charge in [0, 0.05) is 31.1 Å². The molecule has 8 heteroatoms. The SMILES string of the molecule is CN(C(=O)OCC1c2ccccc2-c2ccccc21)[C@H](Cc1ccc(Cl)cc1)CN(CC1(C)CC1)C(=O)[C@@H](CC(=O)O)[C@H]1CCc2ccccc21. The molecular weight excluding hydrogens is 660 g/mol. The fraction of sp³-hybridized carbons (Fsp3) is 0.372. The highest BCUT2D eigenvalue weighted by Crippen LogP contribution is 2.47. The standard InChI is InChI=1S/C43H45ClN2O5/c1-43(21-22-43)27-46(41(49)38(24-40(47)48)37-20-17-29-9-3-4-10-32(29)37)25-31(23-28-15-18-30(44)19-16-28)45(2)42(50)51-26-39-35-13-7-5-11-33(35)34-12-6-8-14-36(34)39/h3-16,18-19,31,37-39H,17,20-27H2,1-2H3,(H,47,48)/t31-,37+,38+/m1/s1. The quantitative estimate of drug-likeness (QED) is 0.151. The Balaban J connectivity index is 1.15. The third-order valence-corrected chi connectivity index (χ3v) is 11.6. The highest BCUT2D eigenvalue weighted by Gasteiger charge is 2.44. The van der Waals surface area contributed by atoms with Gasteiger partial charge in [0.25, 0.3) is 0 Å². The van der Waals surface area contributed by atoms with Crippen molar-refractivity contribution in [3.05, 3.63) is 130 Å². The lowest BCUT2D eigenvalue weighted by molar-refractivity contribution is -0.146. The van der Waals surface area contributed by atoms with Crippen molar-refractivity contribution in [3.63, 3.8) is 0 Å². The van der Waals surface area contributed by atoms with E-state index in [1.54, 1.807) is 11.9 Å². The summed E-state index contributed by atoms with van der Waals surface area (Å²) in [7, 11) is 1.74. The number of ether oxygens (including phenoxy) is 1. The Hall–Kier alpha value is -4.62. The average molecular weight is 705 g/mol. The number of carboxylic acid groups (broad SMARTS) is 1. The predicted molar refractivity (Wildman–Crippen MR) is 199 cm³/mol. The first kappa shape index (κ1) is 34.8. The molecule has 1 N–H and O–H groups in total. The molecule has 1 fully saturated rings. The number of hydrogen-bond acceptors (Lipinski definition) is 4. The lowest BCUT2D eigenvalue weighted by Gasteiger charge is -2.37. The summed E-state index contributed by atoms with van der Waals surface area (Å²) in [5, 5.41) is 10.7. The molecule has 51 heavy (non-hydrogen) atoms. The molecule has 3 atom stereocenters. The molecule has 0 saturated heterocycles. The van der Waals surface area contributed by atoms with Crippen molar-refractivity contribution < 1.29 is 24.2 Å². The molecule has 0 heterocycles. The Morgan fingerprint density at radius 2 is 1.49 bits per heavy atom. The Kier molecular flexibility index (Phi) is 9.93. The van der Waals surface area contributed by atoms with Crippen LogP contribution < -0.4 is 0 Å². The van der Waals surface area contributed by atoms with E-state index in [0.29, 0.717) is 18.0 Å². The number of nitrogens with zero attached hydrogens (tertiary/aromatic N) is 2. The predicted octanol–water partition coefficient (Wildman–Crippen LogP) is 8.58. The number of carbonyl (C=O) groups excluding carboxylic acids is 2. The third kappa shape index (κ3) is 7.55. The van der Waals surface area contributed by atoms with Crippen molar-refractivity contribution in [3.8, 4) is 11.1 Å². The minimum absolute atomic E-state index is 0.0375. The Bertz CT molecular complexity index is 1880. The van der Waals surface area contributed by atoms with Gasteiger partial charge in [-0.25, -0.2) is 4.79 Å². The molecule has 2 amide bonds. The van der Waals surface area contributed by atoms with Crippen LogP contribution in [0, 0.1) is 11.3 Å². The van der Waals surface area contributed by atoms with E-state index in [4.69, 9.17) is 16.3 Å². The van der Waals surface area contributed by atoms with Gasteiger partial charge in [-0.1, -0.05) is 103 Å². The number of rotatable bonds is 13. The second kappa shape index (κ2) is 14.5. The maximum Gasteiger partial charge on any atom is 0.409 e. The molecule has 1 saturated carbocycles. The summed E-state index contributed by atoms with van der Waals surface area (Å²) >= 11 is 6.23. The van der Waals surface area contributed by atoms with Gasteiger partial charge < -0.3 is 19.6 Å². The number of benzene rings is 4. The highest BCUT2D eigenvalue weighted by atomic mass is 35.5. The van der Waals surface area contributed by atoms with Crippen LogP contribution in [0.25, 0.3) is 11.1 Å². The zero-order valence-corrected chi connectivity index (χ0v) is 30.0. The number of halogens is 1. The van der Waals surface area contributed by atoms with Crippen LogP contribution in [-0.4, -0.2) is 65.7 Å². The molecule has 0 aromatic heterocycles. The van der Waals surface area contributed by atoms with Crippen molar-refractivity contribution >= 4 is 29.6 Å². The minimum Gasteiger partial charge on any atom is -0.481 e. The molecule has 0 aliphatic heterocycles. The molecule has 7 nitrogen and oxygen atoms in total. The van der Waals surface area contributed by atoms with Crippen molar-refractivity contribution in [2.45, 2.75) is 63.3 Å². The van der Waals surface area contributed by atoms with E-state index in [1.807, 2.05) is 71.6 Å². The Morgan fingerprint density at radius 1 is 0.882 bits per heavy atom. The van der Waals surface area contributed by atoms with E-state index < -0.39 is 24.0 Å². The van der Waals surface area contributed by atoms with Gasteiger partial charge in [0.15, 0.2) is 0 Å². The first-order valence-electron chi connectivity index (χ1n) is 18.0. The smallest absolute Gasteiger partial charge is 0.409 e. The average Bonchev–Trinajstić information content (AvgIpc) is 3.57. The second-order valence-corrected chi connectivity index (χ2v) is 15.4. The van der Waals surface area contributed by atoms with Crippen molar-refractivity contribution in [1.82, 2.24) is 9.80 Å².